The van der Waals surface area contributed by atoms with Crippen LogP contribution in [0.2, 0.25) is 5.28 Å². The molecule has 31 heavy (non-hydrogen) atoms. The summed E-state index contributed by atoms with van der Waals surface area (Å²) in [6, 6.07) is 14.0. The van der Waals surface area contributed by atoms with Crippen molar-refractivity contribution in [2.24, 2.45) is 0 Å². The van der Waals surface area contributed by atoms with Crippen LogP contribution in [-0.2, 0) is 0 Å². The molecule has 0 amide bonds. The van der Waals surface area contributed by atoms with Crippen molar-refractivity contribution < 1.29 is 0 Å². The van der Waals surface area contributed by atoms with Gasteiger partial charge in [0.25, 0.3) is 0 Å². The molecule has 0 bridgehead atoms. The lowest BCUT2D eigenvalue weighted by atomic mass is 9.84. The number of fused-ring (bicyclic) bond motifs is 1. The monoisotopic (exact) mass is 434 g/mol. The van der Waals surface area contributed by atoms with E-state index >= 15 is 0 Å². The molecule has 3 aromatic heterocycles. The van der Waals surface area contributed by atoms with E-state index < -0.39 is 0 Å². The highest BCUT2D eigenvalue weighted by molar-refractivity contribution is 6.28. The highest BCUT2D eigenvalue weighted by Crippen LogP contribution is 2.34. The maximum Gasteiger partial charge on any atom is 0.224 e. The van der Waals surface area contributed by atoms with Crippen molar-refractivity contribution in [3.05, 3.63) is 65.8 Å². The average molecular weight is 435 g/mol. The van der Waals surface area contributed by atoms with Crippen molar-refractivity contribution >= 4 is 40.3 Å². The van der Waals surface area contributed by atoms with Crippen LogP contribution in [0.25, 0.3) is 5.65 Å². The number of hydrogen-bond acceptors (Lipinski definition) is 7. The second kappa shape index (κ2) is 8.39. The largest absolute Gasteiger partial charge is 0.382 e. The Labute approximate surface area is 184 Å². The van der Waals surface area contributed by atoms with Crippen LogP contribution in [-0.4, -0.2) is 30.6 Å². The number of nitrogens with two attached hydrogens (primary N) is 1. The first-order valence-electron chi connectivity index (χ1n) is 10.4. The molecule has 0 aliphatic heterocycles. The van der Waals surface area contributed by atoms with Crippen LogP contribution in [0.15, 0.2) is 54.9 Å². The van der Waals surface area contributed by atoms with Gasteiger partial charge in [0.2, 0.25) is 5.28 Å². The number of imidazole rings is 1. The Morgan fingerprint density at radius 2 is 1.84 bits per heavy atom. The predicted octanol–water partition coefficient (Wildman–Crippen LogP) is 4.64. The number of aromatic nitrogens is 5. The third kappa shape index (κ3) is 4.39. The Morgan fingerprint density at radius 3 is 2.61 bits per heavy atom. The van der Waals surface area contributed by atoms with Crippen LogP contribution in [0.5, 0.6) is 0 Å². The summed E-state index contributed by atoms with van der Waals surface area (Å²) in [5, 5.41) is 11.6. The van der Waals surface area contributed by atoms with Gasteiger partial charge >= 0.3 is 0 Å². The zero-order valence-corrected chi connectivity index (χ0v) is 17.6. The van der Waals surface area contributed by atoms with Crippen LogP contribution in [0.1, 0.15) is 37.3 Å². The van der Waals surface area contributed by atoms with E-state index in [0.29, 0.717) is 17.8 Å². The lowest BCUT2D eigenvalue weighted by Crippen LogP contribution is -2.26. The van der Waals surface area contributed by atoms with Crippen molar-refractivity contribution in [2.75, 3.05) is 16.4 Å². The van der Waals surface area contributed by atoms with E-state index in [9.17, 15) is 0 Å². The summed E-state index contributed by atoms with van der Waals surface area (Å²) in [6.45, 7) is 0. The van der Waals surface area contributed by atoms with Crippen molar-refractivity contribution in [3.8, 4) is 0 Å². The molecule has 3 heterocycles. The number of anilines is 4. The van der Waals surface area contributed by atoms with Crippen LogP contribution >= 0.6 is 11.6 Å². The summed E-state index contributed by atoms with van der Waals surface area (Å²) in [5.74, 6) is 1.61. The second-order valence-corrected chi connectivity index (χ2v) is 8.15. The Kier molecular flexibility index (Phi) is 5.30. The van der Waals surface area contributed by atoms with Gasteiger partial charge in [-0.25, -0.2) is 19.5 Å². The van der Waals surface area contributed by atoms with E-state index in [1.165, 1.54) is 0 Å². The van der Waals surface area contributed by atoms with Crippen LogP contribution < -0.4 is 16.4 Å². The van der Waals surface area contributed by atoms with Crippen LogP contribution in [0, 0.1) is 0 Å². The molecular formula is C22H23ClN8. The van der Waals surface area contributed by atoms with E-state index in [1.54, 1.807) is 10.7 Å². The lowest BCUT2D eigenvalue weighted by Gasteiger charge is -2.28. The molecule has 0 unspecified atom stereocenters. The smallest absolute Gasteiger partial charge is 0.224 e. The minimum absolute atomic E-state index is 0.259. The Morgan fingerprint density at radius 1 is 1.03 bits per heavy atom. The van der Waals surface area contributed by atoms with Gasteiger partial charge in [0.15, 0.2) is 5.65 Å². The fourth-order valence-corrected chi connectivity index (χ4v) is 4.29. The standard InChI is InChI=1S/C22H23ClN8/c23-22-25-11-10-20(29-22)27-16-8-6-14(7-9-16)18-13-31-21(28-18)17(12-19(24)30-31)26-15-4-2-1-3-5-15/h1-5,10-14,16,26H,6-9H2,(H2,24,30)(H,25,27,29)/t14-,16-. The average Bonchev–Trinajstić information content (AvgIpc) is 3.19. The van der Waals surface area contributed by atoms with Crippen LogP contribution in [0.4, 0.5) is 23.0 Å². The van der Waals surface area contributed by atoms with Gasteiger partial charge < -0.3 is 16.4 Å². The van der Waals surface area contributed by atoms with Crippen molar-refractivity contribution in [1.29, 1.82) is 0 Å². The summed E-state index contributed by atoms with van der Waals surface area (Å²) < 4.78 is 1.78. The molecule has 4 aromatic rings. The number of hydrogen-bond donors (Lipinski definition) is 3. The van der Waals surface area contributed by atoms with E-state index in [4.69, 9.17) is 22.3 Å². The predicted molar refractivity (Wildman–Crippen MR) is 123 cm³/mol. The Balaban J connectivity index is 1.31. The minimum Gasteiger partial charge on any atom is -0.382 e. The molecular weight excluding hydrogens is 412 g/mol. The van der Waals surface area contributed by atoms with Gasteiger partial charge in [-0.05, 0) is 55.5 Å². The fraction of sp³-hybridized carbons (Fsp3) is 0.273. The molecule has 1 fully saturated rings. The van der Waals surface area contributed by atoms with Gasteiger partial charge in [-0.2, -0.15) is 0 Å². The Hall–Kier alpha value is -3.39. The zero-order chi connectivity index (χ0) is 21.2. The normalized spacial score (nSPS) is 18.7. The number of nitrogen functional groups attached to an aromatic ring is 1. The SMILES string of the molecule is Nc1cc(Nc2ccccc2)c2nc([C@H]3CC[C@H](Nc4ccnc(Cl)n4)CC3)cn2n1. The third-order valence-electron chi connectivity index (χ3n) is 5.64. The highest BCUT2D eigenvalue weighted by Gasteiger charge is 2.25. The lowest BCUT2D eigenvalue weighted by molar-refractivity contribution is 0.407. The molecule has 0 atom stereocenters. The quantitative estimate of drug-likeness (QED) is 0.393. The van der Waals surface area contributed by atoms with Gasteiger partial charge in [0.05, 0.1) is 17.6 Å². The van der Waals surface area contributed by atoms with Gasteiger partial charge in [0, 0.05) is 29.9 Å². The fourth-order valence-electron chi connectivity index (χ4n) is 4.14. The highest BCUT2D eigenvalue weighted by atomic mass is 35.5. The molecule has 8 nitrogen and oxygen atoms in total. The summed E-state index contributed by atoms with van der Waals surface area (Å²) in [7, 11) is 0. The van der Waals surface area contributed by atoms with Crippen molar-refractivity contribution in [3.63, 3.8) is 0 Å². The molecule has 1 aliphatic rings. The van der Waals surface area contributed by atoms with E-state index in [1.807, 2.05) is 48.7 Å². The molecule has 1 saturated carbocycles. The zero-order valence-electron chi connectivity index (χ0n) is 16.9. The molecule has 0 radical (unpaired) electrons. The van der Waals surface area contributed by atoms with Gasteiger partial charge in [-0.3, -0.25) is 0 Å². The number of para-hydroxylation sites is 1. The summed E-state index contributed by atoms with van der Waals surface area (Å²) in [5.41, 5.74) is 9.71. The number of rotatable bonds is 5. The summed E-state index contributed by atoms with van der Waals surface area (Å²) >= 11 is 5.89. The minimum atomic E-state index is 0.259. The van der Waals surface area contributed by atoms with E-state index in [0.717, 1.165) is 54.2 Å². The molecule has 1 aromatic carbocycles. The number of benzene rings is 1. The number of nitrogens with one attached hydrogen (secondary N) is 2. The van der Waals surface area contributed by atoms with Crippen molar-refractivity contribution in [2.45, 2.75) is 37.6 Å². The number of nitrogens with zero attached hydrogens (tertiary/aromatic N) is 5. The third-order valence-corrected chi connectivity index (χ3v) is 5.82. The molecule has 9 heteroatoms. The molecule has 4 N–H and O–H groups in total. The molecule has 158 valence electrons. The topological polar surface area (TPSA) is 106 Å². The van der Waals surface area contributed by atoms with Gasteiger partial charge in [-0.15, -0.1) is 5.10 Å². The Bertz CT molecular complexity index is 1180. The van der Waals surface area contributed by atoms with E-state index in [2.05, 4.69) is 25.7 Å². The maximum absolute atomic E-state index is 6.04. The first-order valence-corrected chi connectivity index (χ1v) is 10.7. The summed E-state index contributed by atoms with van der Waals surface area (Å²) in [6.07, 6.45) is 7.81. The molecule has 5 rings (SSSR count). The van der Waals surface area contributed by atoms with Gasteiger partial charge in [0.1, 0.15) is 11.6 Å². The number of halogens is 1. The second-order valence-electron chi connectivity index (χ2n) is 7.81. The summed E-state index contributed by atoms with van der Waals surface area (Å²) in [4.78, 5) is 13.1. The van der Waals surface area contributed by atoms with Gasteiger partial charge in [-0.1, -0.05) is 18.2 Å². The first-order chi connectivity index (χ1) is 15.1. The molecule has 0 saturated heterocycles. The molecule has 0 spiro atoms. The maximum atomic E-state index is 6.04. The van der Waals surface area contributed by atoms with Crippen molar-refractivity contribution in [1.82, 2.24) is 24.6 Å². The molecule has 1 aliphatic carbocycles. The van der Waals surface area contributed by atoms with Crippen LogP contribution in [0.3, 0.4) is 0 Å². The first kappa shape index (κ1) is 19.6. The van der Waals surface area contributed by atoms with E-state index in [-0.39, 0.29) is 5.28 Å².